The normalized spacial score (nSPS) is 10.9. The Balaban J connectivity index is 0.000000246. The highest BCUT2D eigenvalue weighted by molar-refractivity contribution is 5.90. The zero-order valence-electron chi connectivity index (χ0n) is 46.5. The molecule has 4 aromatic carbocycles. The van der Waals surface area contributed by atoms with Gasteiger partial charge in [0.2, 0.25) is 22.1 Å². The standard InChI is InChI=1S/2C30H38N4.2C2H4O2/c2*1-23-21-27(31)25-15-9-11-17-29(25)33(23)19-13-7-5-3-4-6-8-14-20-34-24(2)22-28(32)26-16-10-12-18-30(26)34;2*1-2(3)4/h2*9-12,15-18,21-22,31-32H,3-8,13-14,19-20H2,1-2H3;2*1H3,(H,3,4)/p+4. The average molecular weight is 1030 g/mol. The Morgan fingerprint density at radius 2 is 0.487 bits per heavy atom. The van der Waals surface area contributed by atoms with Gasteiger partial charge in [0.1, 0.15) is 26.2 Å². The largest absolute Gasteiger partial charge is 0.481 e. The van der Waals surface area contributed by atoms with Crippen molar-refractivity contribution in [2.45, 2.75) is 170 Å². The van der Waals surface area contributed by atoms with Crippen molar-refractivity contribution >= 4 is 78.3 Å². The summed E-state index contributed by atoms with van der Waals surface area (Å²) in [5.41, 5.74) is 38.4. The first kappa shape index (κ1) is 59.5. The first-order valence-electron chi connectivity index (χ1n) is 27.7. The number of rotatable bonds is 22. The summed E-state index contributed by atoms with van der Waals surface area (Å²) in [6.45, 7) is 15.1. The lowest BCUT2D eigenvalue weighted by molar-refractivity contribution is -0.678. The van der Waals surface area contributed by atoms with Crippen LogP contribution in [0.15, 0.2) is 121 Å². The molecule has 0 fully saturated rings. The van der Waals surface area contributed by atoms with Crippen molar-refractivity contribution in [3.05, 3.63) is 144 Å². The SMILES string of the molecule is CC(=O)O.CC(=O)O.Cc1cc(N)c2ccccc2[n+]1CCCCCCCCCC[n+]1c(C)cc(N)c2ccccc21.Cc1cc(N)c2ccccc2[n+]1CCCCCCCCCC[n+]1c(C)cc(N)c2ccccc21. The van der Waals surface area contributed by atoms with Crippen molar-refractivity contribution < 1.29 is 38.1 Å². The van der Waals surface area contributed by atoms with E-state index in [0.717, 1.165) is 84.3 Å². The molecule has 4 heterocycles. The van der Waals surface area contributed by atoms with Gasteiger partial charge in [0, 0.05) is 116 Å². The monoisotopic (exact) mass is 1030 g/mol. The summed E-state index contributed by atoms with van der Waals surface area (Å²) in [7, 11) is 0. The molecular weight excluding hydrogens is 945 g/mol. The van der Waals surface area contributed by atoms with E-state index in [2.05, 4.69) is 167 Å². The lowest BCUT2D eigenvalue weighted by Crippen LogP contribution is -2.38. The molecule has 8 aromatic rings. The van der Waals surface area contributed by atoms with Gasteiger partial charge >= 0.3 is 0 Å². The van der Waals surface area contributed by atoms with Gasteiger partial charge in [-0.3, -0.25) is 9.59 Å². The van der Waals surface area contributed by atoms with E-state index >= 15 is 0 Å². The molecular formula is C64H88N8O4+4. The summed E-state index contributed by atoms with van der Waals surface area (Å²) >= 11 is 0. The van der Waals surface area contributed by atoms with Gasteiger partial charge in [-0.05, 0) is 49.9 Å². The third kappa shape index (κ3) is 17.9. The molecule has 4 aromatic heterocycles. The van der Waals surface area contributed by atoms with Gasteiger partial charge in [-0.1, -0.05) is 99.9 Å². The number of carbonyl (C=O) groups is 2. The maximum Gasteiger partial charge on any atom is 0.300 e. The lowest BCUT2D eigenvalue weighted by Gasteiger charge is -2.08. The number of nitrogen functional groups attached to an aromatic ring is 4. The van der Waals surface area contributed by atoms with Crippen molar-refractivity contribution in [2.24, 2.45) is 0 Å². The van der Waals surface area contributed by atoms with Gasteiger partial charge in [0.15, 0.2) is 22.8 Å². The number of aryl methyl sites for hydroxylation is 8. The second kappa shape index (κ2) is 30.9. The molecule has 0 bridgehead atoms. The van der Waals surface area contributed by atoms with Crippen LogP contribution in [0, 0.1) is 27.7 Å². The molecule has 12 heteroatoms. The number of para-hydroxylation sites is 4. The van der Waals surface area contributed by atoms with E-state index in [-0.39, 0.29) is 0 Å². The first-order valence-corrected chi connectivity index (χ1v) is 27.7. The van der Waals surface area contributed by atoms with Gasteiger partial charge in [-0.2, -0.15) is 18.3 Å². The number of anilines is 4. The number of nitrogens with zero attached hydrogens (tertiary/aromatic N) is 4. The molecule has 0 aliphatic heterocycles. The maximum absolute atomic E-state index is 9.00. The van der Waals surface area contributed by atoms with Crippen molar-refractivity contribution in [1.82, 2.24) is 0 Å². The fraction of sp³-hybridized carbons (Fsp3) is 0.406. The Morgan fingerprint density at radius 3 is 0.671 bits per heavy atom. The number of carboxylic acids is 2. The predicted octanol–water partition coefficient (Wildman–Crippen LogP) is 12.5. The number of carboxylic acid groups (broad SMARTS) is 2. The number of pyridine rings is 4. The van der Waals surface area contributed by atoms with Crippen LogP contribution in [0.3, 0.4) is 0 Å². The lowest BCUT2D eigenvalue weighted by atomic mass is 10.1. The molecule has 12 nitrogen and oxygen atoms in total. The van der Waals surface area contributed by atoms with Crippen molar-refractivity contribution in [2.75, 3.05) is 22.9 Å². The molecule has 0 saturated heterocycles. The average Bonchev–Trinajstić information content (AvgIpc) is 3.39. The molecule has 8 rings (SSSR count). The number of benzene rings is 4. The van der Waals surface area contributed by atoms with Gasteiger partial charge in [0.05, 0.1) is 44.3 Å². The minimum atomic E-state index is -0.833. The number of unbranched alkanes of at least 4 members (excludes halogenated alkanes) is 14. The number of hydrogen-bond donors (Lipinski definition) is 6. The molecule has 10 N–H and O–H groups in total. The van der Waals surface area contributed by atoms with E-state index < -0.39 is 11.9 Å². The summed E-state index contributed by atoms with van der Waals surface area (Å²) < 4.78 is 9.69. The first-order chi connectivity index (χ1) is 36.6. The Bertz CT molecular complexity index is 2740. The number of fused-ring (bicyclic) bond motifs is 4. The van der Waals surface area contributed by atoms with E-state index in [1.807, 2.05) is 0 Å². The van der Waals surface area contributed by atoms with Crippen LogP contribution in [0.4, 0.5) is 22.7 Å². The number of aliphatic carboxylic acids is 2. The minimum absolute atomic E-state index is 0.833. The summed E-state index contributed by atoms with van der Waals surface area (Å²) in [5.74, 6) is -1.67. The van der Waals surface area contributed by atoms with Gasteiger partial charge in [-0.25, -0.2) is 0 Å². The van der Waals surface area contributed by atoms with Crippen molar-refractivity contribution in [1.29, 1.82) is 0 Å². The molecule has 404 valence electrons. The maximum atomic E-state index is 9.00. The highest BCUT2D eigenvalue weighted by atomic mass is 16.4. The highest BCUT2D eigenvalue weighted by Gasteiger charge is 2.18. The fourth-order valence-electron chi connectivity index (χ4n) is 10.5. The van der Waals surface area contributed by atoms with Crippen molar-refractivity contribution in [3.63, 3.8) is 0 Å². The molecule has 0 amide bonds. The number of nitrogens with two attached hydrogens (primary N) is 4. The fourth-order valence-corrected chi connectivity index (χ4v) is 10.5. The van der Waals surface area contributed by atoms with E-state index in [4.69, 9.17) is 42.7 Å². The quantitative estimate of drug-likeness (QED) is 0.0285. The summed E-state index contributed by atoms with van der Waals surface area (Å²) in [5, 5.41) is 19.5. The second-order valence-corrected chi connectivity index (χ2v) is 20.3. The molecule has 0 aliphatic rings. The Kier molecular flexibility index (Phi) is 24.2. The molecule has 0 saturated carbocycles. The van der Waals surface area contributed by atoms with Gasteiger partial charge in [-0.15, -0.1) is 0 Å². The third-order valence-electron chi connectivity index (χ3n) is 14.2. The molecule has 0 unspecified atom stereocenters. The Morgan fingerprint density at radius 1 is 0.329 bits per heavy atom. The Hall–Kier alpha value is -7.34. The van der Waals surface area contributed by atoms with E-state index in [1.165, 1.54) is 148 Å². The highest BCUT2D eigenvalue weighted by Crippen LogP contribution is 2.23. The molecule has 76 heavy (non-hydrogen) atoms. The van der Waals surface area contributed by atoms with E-state index in [1.54, 1.807) is 0 Å². The topological polar surface area (TPSA) is 194 Å². The van der Waals surface area contributed by atoms with Crippen molar-refractivity contribution in [3.8, 4) is 0 Å². The number of hydrogen-bond acceptors (Lipinski definition) is 6. The molecule has 0 aliphatic carbocycles. The molecule has 0 radical (unpaired) electrons. The summed E-state index contributed by atoms with van der Waals surface area (Å²) in [6.07, 6.45) is 20.7. The third-order valence-corrected chi connectivity index (χ3v) is 14.2. The predicted molar refractivity (Wildman–Crippen MR) is 314 cm³/mol. The van der Waals surface area contributed by atoms with E-state index in [9.17, 15) is 0 Å². The van der Waals surface area contributed by atoms with Crippen LogP contribution in [0.1, 0.15) is 139 Å². The second-order valence-electron chi connectivity index (χ2n) is 20.3. The Labute approximate surface area is 452 Å². The smallest absolute Gasteiger partial charge is 0.300 e. The van der Waals surface area contributed by atoms with E-state index in [0.29, 0.717) is 0 Å². The summed E-state index contributed by atoms with van der Waals surface area (Å²) in [6, 6.07) is 42.3. The van der Waals surface area contributed by atoms with Crippen LogP contribution in [0.5, 0.6) is 0 Å². The zero-order valence-corrected chi connectivity index (χ0v) is 46.5. The minimum Gasteiger partial charge on any atom is -0.481 e. The summed E-state index contributed by atoms with van der Waals surface area (Å²) in [4.78, 5) is 18.0. The molecule has 0 spiro atoms. The van der Waals surface area contributed by atoms with Crippen LogP contribution in [-0.4, -0.2) is 22.2 Å². The van der Waals surface area contributed by atoms with Crippen LogP contribution in [0.25, 0.3) is 43.6 Å². The van der Waals surface area contributed by atoms with Crippen LogP contribution in [0.2, 0.25) is 0 Å². The number of aromatic nitrogens is 4. The van der Waals surface area contributed by atoms with Gasteiger partial charge in [0.25, 0.3) is 11.9 Å². The van der Waals surface area contributed by atoms with Crippen LogP contribution in [-0.2, 0) is 35.8 Å². The zero-order chi connectivity index (χ0) is 55.0. The van der Waals surface area contributed by atoms with Crippen LogP contribution >= 0.6 is 0 Å². The van der Waals surface area contributed by atoms with Gasteiger partial charge < -0.3 is 33.1 Å². The molecule has 0 atom stereocenters. The van der Waals surface area contributed by atoms with Crippen LogP contribution < -0.4 is 41.2 Å².